The molecule has 106 valence electrons. The van der Waals surface area contributed by atoms with E-state index in [2.05, 4.69) is 4.72 Å². The first kappa shape index (κ1) is 14.5. The second-order valence-electron chi connectivity index (χ2n) is 4.84. The monoisotopic (exact) mass is 293 g/mol. The number of rotatable bonds is 3. The highest BCUT2D eigenvalue weighted by Crippen LogP contribution is 2.21. The number of halogens is 1. The third kappa shape index (κ3) is 2.99. The number of hydrogen-bond donors (Lipinski definition) is 1. The lowest BCUT2D eigenvalue weighted by molar-refractivity contribution is 0.600. The Morgan fingerprint density at radius 3 is 2.25 bits per heavy atom. The molecule has 2 rings (SSSR count). The lowest BCUT2D eigenvalue weighted by Gasteiger charge is -2.11. The third-order valence-electron chi connectivity index (χ3n) is 3.04. The summed E-state index contributed by atoms with van der Waals surface area (Å²) in [6.07, 6.45) is 0. The summed E-state index contributed by atoms with van der Waals surface area (Å²) in [5.41, 5.74) is 2.33. The average Bonchev–Trinajstić information content (AvgIpc) is 2.33. The maximum atomic E-state index is 13.5. The number of benzene rings is 2. The molecule has 0 heterocycles. The van der Waals surface area contributed by atoms with Crippen LogP contribution in [0.15, 0.2) is 41.3 Å². The molecule has 0 amide bonds. The van der Waals surface area contributed by atoms with E-state index >= 15 is 0 Å². The third-order valence-corrected chi connectivity index (χ3v) is 4.59. The minimum absolute atomic E-state index is 0.198. The van der Waals surface area contributed by atoms with Gasteiger partial charge in [-0.3, -0.25) is 4.72 Å². The number of sulfonamides is 1. The molecule has 1 N–H and O–H groups in total. The van der Waals surface area contributed by atoms with E-state index in [0.29, 0.717) is 11.1 Å². The number of aryl methyl sites for hydroxylation is 3. The molecule has 0 saturated heterocycles. The smallest absolute Gasteiger partial charge is 0.262 e. The van der Waals surface area contributed by atoms with Gasteiger partial charge in [0.25, 0.3) is 10.0 Å². The van der Waals surface area contributed by atoms with Gasteiger partial charge in [-0.05, 0) is 50.1 Å². The van der Waals surface area contributed by atoms with Crippen molar-refractivity contribution in [3.05, 3.63) is 58.9 Å². The fourth-order valence-corrected chi connectivity index (χ4v) is 3.24. The molecule has 0 radical (unpaired) electrons. The average molecular weight is 293 g/mol. The first-order valence-corrected chi connectivity index (χ1v) is 7.64. The molecule has 0 aliphatic carbocycles. The van der Waals surface area contributed by atoms with Gasteiger partial charge in [0, 0.05) is 0 Å². The van der Waals surface area contributed by atoms with Crippen LogP contribution in [0.2, 0.25) is 0 Å². The molecule has 20 heavy (non-hydrogen) atoms. The van der Waals surface area contributed by atoms with Crippen molar-refractivity contribution in [1.82, 2.24) is 0 Å². The molecule has 0 aliphatic heterocycles. The van der Waals surface area contributed by atoms with Gasteiger partial charge in [-0.15, -0.1) is 0 Å². The Hall–Kier alpha value is -1.88. The van der Waals surface area contributed by atoms with E-state index in [4.69, 9.17) is 0 Å². The summed E-state index contributed by atoms with van der Waals surface area (Å²) in [6, 6.07) is 9.34. The predicted octanol–water partition coefficient (Wildman–Crippen LogP) is 3.55. The fourth-order valence-electron chi connectivity index (χ4n) is 1.97. The zero-order chi connectivity index (χ0) is 14.9. The lowest BCUT2D eigenvalue weighted by Crippen LogP contribution is -2.14. The summed E-state index contributed by atoms with van der Waals surface area (Å²) in [5, 5.41) is 0. The molecule has 0 bridgehead atoms. The van der Waals surface area contributed by atoms with Crippen LogP contribution in [-0.4, -0.2) is 8.42 Å². The predicted molar refractivity (Wildman–Crippen MR) is 77.9 cm³/mol. The molecule has 0 fully saturated rings. The Balaban J connectivity index is 2.38. The van der Waals surface area contributed by atoms with Gasteiger partial charge in [0.15, 0.2) is 0 Å². The number of nitrogens with one attached hydrogen (secondary N) is 1. The Kier molecular flexibility index (Phi) is 3.81. The molecule has 2 aromatic carbocycles. The van der Waals surface area contributed by atoms with Gasteiger partial charge in [-0.2, -0.15) is 0 Å². The van der Waals surface area contributed by atoms with Crippen molar-refractivity contribution in [2.75, 3.05) is 4.72 Å². The van der Waals surface area contributed by atoms with Crippen molar-refractivity contribution in [3.8, 4) is 0 Å². The van der Waals surface area contributed by atoms with Crippen molar-refractivity contribution in [2.45, 2.75) is 25.7 Å². The first-order chi connectivity index (χ1) is 9.29. The van der Waals surface area contributed by atoms with E-state index in [1.807, 2.05) is 6.92 Å². The maximum absolute atomic E-state index is 13.5. The molecule has 0 aromatic heterocycles. The summed E-state index contributed by atoms with van der Waals surface area (Å²) in [5.74, 6) is -0.439. The molecule has 0 aliphatic rings. The molecule has 0 saturated carbocycles. The minimum Gasteiger partial charge on any atom is -0.280 e. The topological polar surface area (TPSA) is 46.2 Å². The summed E-state index contributed by atoms with van der Waals surface area (Å²) in [4.78, 5) is 0.198. The minimum atomic E-state index is -3.71. The SMILES string of the molecule is Cc1ccc(S(=O)(=O)Nc2ccc(C)c(F)c2)c(C)c1. The second-order valence-corrected chi connectivity index (χ2v) is 6.49. The van der Waals surface area contributed by atoms with E-state index in [9.17, 15) is 12.8 Å². The summed E-state index contributed by atoms with van der Waals surface area (Å²) >= 11 is 0. The first-order valence-electron chi connectivity index (χ1n) is 6.16. The zero-order valence-electron chi connectivity index (χ0n) is 11.6. The van der Waals surface area contributed by atoms with Crippen LogP contribution in [0.4, 0.5) is 10.1 Å². The van der Waals surface area contributed by atoms with Crippen molar-refractivity contribution in [3.63, 3.8) is 0 Å². The van der Waals surface area contributed by atoms with Crippen LogP contribution in [0.5, 0.6) is 0 Å². The van der Waals surface area contributed by atoms with Crippen LogP contribution < -0.4 is 4.72 Å². The van der Waals surface area contributed by atoms with E-state index in [1.165, 1.54) is 12.1 Å². The van der Waals surface area contributed by atoms with Crippen LogP contribution in [0.25, 0.3) is 0 Å². The van der Waals surface area contributed by atoms with E-state index < -0.39 is 15.8 Å². The summed E-state index contributed by atoms with van der Waals surface area (Å²) in [7, 11) is -3.71. The highest BCUT2D eigenvalue weighted by Gasteiger charge is 2.17. The van der Waals surface area contributed by atoms with Gasteiger partial charge >= 0.3 is 0 Å². The molecular weight excluding hydrogens is 277 g/mol. The highest BCUT2D eigenvalue weighted by atomic mass is 32.2. The van der Waals surface area contributed by atoms with Gasteiger partial charge in [0.1, 0.15) is 5.82 Å². The van der Waals surface area contributed by atoms with Crippen LogP contribution in [0.1, 0.15) is 16.7 Å². The second kappa shape index (κ2) is 5.25. The molecule has 5 heteroatoms. The standard InChI is InChI=1S/C15H16FNO2S/c1-10-4-7-15(12(3)8-10)20(18,19)17-13-6-5-11(2)14(16)9-13/h4-9,17H,1-3H3. The molecule has 2 aromatic rings. The Bertz CT molecular complexity index is 754. The molecule has 3 nitrogen and oxygen atoms in total. The van der Waals surface area contributed by atoms with Gasteiger partial charge in [-0.1, -0.05) is 23.8 Å². The van der Waals surface area contributed by atoms with Gasteiger partial charge < -0.3 is 0 Å². The zero-order valence-corrected chi connectivity index (χ0v) is 12.4. The lowest BCUT2D eigenvalue weighted by atomic mass is 10.2. The van der Waals surface area contributed by atoms with E-state index in [1.54, 1.807) is 38.1 Å². The molecular formula is C15H16FNO2S. The molecule has 0 atom stereocenters. The summed E-state index contributed by atoms with van der Waals surface area (Å²) in [6.45, 7) is 5.25. The van der Waals surface area contributed by atoms with Gasteiger partial charge in [0.2, 0.25) is 0 Å². The van der Waals surface area contributed by atoms with E-state index in [0.717, 1.165) is 5.56 Å². The van der Waals surface area contributed by atoms with Crippen molar-refractivity contribution >= 4 is 15.7 Å². The quantitative estimate of drug-likeness (QED) is 0.940. The van der Waals surface area contributed by atoms with Crippen molar-refractivity contribution in [2.24, 2.45) is 0 Å². The van der Waals surface area contributed by atoms with Gasteiger partial charge in [-0.25, -0.2) is 12.8 Å². The van der Waals surface area contributed by atoms with Crippen molar-refractivity contribution < 1.29 is 12.8 Å². The maximum Gasteiger partial charge on any atom is 0.262 e. The van der Waals surface area contributed by atoms with Crippen LogP contribution in [-0.2, 0) is 10.0 Å². The normalized spacial score (nSPS) is 11.4. The van der Waals surface area contributed by atoms with Crippen LogP contribution in [0, 0.1) is 26.6 Å². The number of anilines is 1. The summed E-state index contributed by atoms with van der Waals surface area (Å²) < 4.78 is 40.4. The Morgan fingerprint density at radius 1 is 0.950 bits per heavy atom. The van der Waals surface area contributed by atoms with Crippen molar-refractivity contribution in [1.29, 1.82) is 0 Å². The van der Waals surface area contributed by atoms with Gasteiger partial charge in [0.05, 0.1) is 10.6 Å². The van der Waals surface area contributed by atoms with Crippen LogP contribution >= 0.6 is 0 Å². The molecule has 0 unspecified atom stereocenters. The number of hydrogen-bond acceptors (Lipinski definition) is 2. The Morgan fingerprint density at radius 2 is 1.65 bits per heavy atom. The highest BCUT2D eigenvalue weighted by molar-refractivity contribution is 7.92. The van der Waals surface area contributed by atoms with Crippen LogP contribution in [0.3, 0.4) is 0 Å². The fraction of sp³-hybridized carbons (Fsp3) is 0.200. The molecule has 0 spiro atoms. The largest absolute Gasteiger partial charge is 0.280 e. The Labute approximate surface area is 118 Å². The van der Waals surface area contributed by atoms with E-state index in [-0.39, 0.29) is 10.6 Å².